The highest BCUT2D eigenvalue weighted by Crippen LogP contribution is 2.18. The lowest BCUT2D eigenvalue weighted by atomic mass is 9.98. The third-order valence-corrected chi connectivity index (χ3v) is 2.16. The molecule has 1 aliphatic carbocycles. The van der Waals surface area contributed by atoms with Gasteiger partial charge in [0.15, 0.2) is 0 Å². The summed E-state index contributed by atoms with van der Waals surface area (Å²) in [6, 6.07) is 0. The first kappa shape index (κ1) is 10.6. The summed E-state index contributed by atoms with van der Waals surface area (Å²) in [5, 5.41) is 13.2. The van der Waals surface area contributed by atoms with E-state index in [9.17, 15) is 5.11 Å². The Morgan fingerprint density at radius 2 is 2.21 bits per heavy atom. The Balaban J connectivity index is 3.12. The first-order valence-electron chi connectivity index (χ1n) is 4.59. The average Bonchev–Trinajstić information content (AvgIpc) is 2.20. The molecule has 0 aromatic heterocycles. The quantitative estimate of drug-likeness (QED) is 0.685. The van der Waals surface area contributed by atoms with E-state index in [4.69, 9.17) is 4.84 Å². The first-order valence-corrected chi connectivity index (χ1v) is 4.59. The van der Waals surface area contributed by atoms with Crippen LogP contribution in [0.3, 0.4) is 0 Å². The van der Waals surface area contributed by atoms with Crippen molar-refractivity contribution in [2.45, 2.75) is 20.3 Å². The molecule has 0 unspecified atom stereocenters. The van der Waals surface area contributed by atoms with Crippen LogP contribution < -0.4 is 0 Å². The fourth-order valence-corrected chi connectivity index (χ4v) is 1.23. The molecule has 0 aromatic rings. The van der Waals surface area contributed by atoms with Gasteiger partial charge < -0.3 is 9.94 Å². The molecule has 3 nitrogen and oxygen atoms in total. The molecule has 0 radical (unpaired) electrons. The number of allylic oxidation sites excluding steroid dienone is 5. The average molecular weight is 193 g/mol. The molecule has 0 aliphatic heterocycles. The van der Waals surface area contributed by atoms with Crippen molar-refractivity contribution in [2.75, 3.05) is 7.11 Å². The monoisotopic (exact) mass is 193 g/mol. The van der Waals surface area contributed by atoms with Gasteiger partial charge in [0.1, 0.15) is 18.6 Å². The largest absolute Gasteiger partial charge is 0.508 e. The lowest BCUT2D eigenvalue weighted by molar-refractivity contribution is 0.214. The Hall–Kier alpha value is -1.51. The maximum absolute atomic E-state index is 9.35. The van der Waals surface area contributed by atoms with Gasteiger partial charge in [0, 0.05) is 5.57 Å². The van der Waals surface area contributed by atoms with E-state index in [-0.39, 0.29) is 5.76 Å². The van der Waals surface area contributed by atoms with Gasteiger partial charge in [-0.2, -0.15) is 0 Å². The van der Waals surface area contributed by atoms with Crippen molar-refractivity contribution in [2.24, 2.45) is 5.16 Å². The van der Waals surface area contributed by atoms with Crippen molar-refractivity contribution in [3.05, 3.63) is 35.1 Å². The van der Waals surface area contributed by atoms with E-state index in [0.717, 1.165) is 17.7 Å². The molecule has 0 saturated heterocycles. The van der Waals surface area contributed by atoms with Gasteiger partial charge in [-0.05, 0) is 31.6 Å². The zero-order valence-corrected chi connectivity index (χ0v) is 8.74. The summed E-state index contributed by atoms with van der Waals surface area (Å²) in [5.74, 6) is 0.253. The van der Waals surface area contributed by atoms with E-state index in [2.05, 4.69) is 12.1 Å². The topological polar surface area (TPSA) is 41.8 Å². The first-order chi connectivity index (χ1) is 6.69. The number of rotatable bonds is 2. The smallest absolute Gasteiger partial charge is 0.116 e. The van der Waals surface area contributed by atoms with E-state index in [1.165, 1.54) is 12.7 Å². The third kappa shape index (κ3) is 2.25. The molecule has 0 aromatic carbocycles. The Bertz CT molecular complexity index is 335. The van der Waals surface area contributed by atoms with Crippen LogP contribution in [0, 0.1) is 0 Å². The number of nitrogens with zero attached hydrogens (tertiary/aromatic N) is 1. The van der Waals surface area contributed by atoms with Gasteiger partial charge in [0.05, 0.1) is 0 Å². The fraction of sp³-hybridized carbons (Fsp3) is 0.364. The molecule has 1 aliphatic rings. The summed E-state index contributed by atoms with van der Waals surface area (Å²) < 4.78 is 0. The second-order valence-electron chi connectivity index (χ2n) is 3.11. The van der Waals surface area contributed by atoms with Crippen LogP contribution in [0.5, 0.6) is 0 Å². The van der Waals surface area contributed by atoms with Gasteiger partial charge in [0.25, 0.3) is 0 Å². The van der Waals surface area contributed by atoms with Crippen LogP contribution in [0.4, 0.5) is 0 Å². The molecule has 76 valence electrons. The van der Waals surface area contributed by atoms with Gasteiger partial charge in [-0.15, -0.1) is 0 Å². The third-order valence-electron chi connectivity index (χ3n) is 2.16. The van der Waals surface area contributed by atoms with Crippen LogP contribution in [0.1, 0.15) is 20.3 Å². The van der Waals surface area contributed by atoms with Gasteiger partial charge in [-0.1, -0.05) is 17.7 Å². The Morgan fingerprint density at radius 3 is 2.79 bits per heavy atom. The van der Waals surface area contributed by atoms with Gasteiger partial charge in [-0.25, -0.2) is 0 Å². The predicted molar refractivity (Wildman–Crippen MR) is 57.3 cm³/mol. The summed E-state index contributed by atoms with van der Waals surface area (Å²) in [6.07, 6.45) is 5.98. The van der Waals surface area contributed by atoms with E-state index < -0.39 is 0 Å². The molecule has 0 saturated carbocycles. The highest BCUT2D eigenvalue weighted by Gasteiger charge is 2.10. The van der Waals surface area contributed by atoms with Crippen LogP contribution in [-0.4, -0.2) is 17.9 Å². The number of hydrogen-bond acceptors (Lipinski definition) is 3. The molecule has 0 fully saturated rings. The van der Waals surface area contributed by atoms with Gasteiger partial charge in [0.2, 0.25) is 0 Å². The molecule has 0 heterocycles. The van der Waals surface area contributed by atoms with Crippen LogP contribution in [0.15, 0.2) is 40.3 Å². The second kappa shape index (κ2) is 4.65. The van der Waals surface area contributed by atoms with Crippen molar-refractivity contribution in [1.29, 1.82) is 0 Å². The summed E-state index contributed by atoms with van der Waals surface area (Å²) >= 11 is 0. The number of aliphatic hydroxyl groups excluding tert-OH is 1. The number of oxime groups is 1. The standard InChI is InChI=1S/C11H15NO2/c1-4-8(2)10-7-9(13)5-6-11(10)12-14-3/h5-7,13H,4H2,1-3H3/b10-8-,12-11-. The molecule has 0 amide bonds. The molecule has 0 bridgehead atoms. The molecule has 0 spiro atoms. The van der Waals surface area contributed by atoms with Crippen molar-refractivity contribution in [3.63, 3.8) is 0 Å². The molecular weight excluding hydrogens is 178 g/mol. The Morgan fingerprint density at radius 1 is 1.50 bits per heavy atom. The van der Waals surface area contributed by atoms with E-state index in [0.29, 0.717) is 0 Å². The normalized spacial score (nSPS) is 22.2. The van der Waals surface area contributed by atoms with Crippen LogP contribution in [-0.2, 0) is 4.84 Å². The minimum absolute atomic E-state index is 0.253. The summed E-state index contributed by atoms with van der Waals surface area (Å²) in [6.45, 7) is 4.08. The highest BCUT2D eigenvalue weighted by atomic mass is 16.6. The van der Waals surface area contributed by atoms with Crippen molar-refractivity contribution >= 4 is 5.71 Å². The fourth-order valence-electron chi connectivity index (χ4n) is 1.23. The number of hydrogen-bond donors (Lipinski definition) is 1. The van der Waals surface area contributed by atoms with Gasteiger partial charge in [-0.3, -0.25) is 0 Å². The SMILES string of the molecule is CC/C(C)=C1/C=C(O)C=C/C1=N/OC. The summed E-state index contributed by atoms with van der Waals surface area (Å²) in [5.41, 5.74) is 2.87. The minimum Gasteiger partial charge on any atom is -0.508 e. The van der Waals surface area contributed by atoms with Crippen molar-refractivity contribution < 1.29 is 9.94 Å². The minimum atomic E-state index is 0.253. The Kier molecular flexibility index (Phi) is 3.51. The van der Waals surface area contributed by atoms with Crippen LogP contribution >= 0.6 is 0 Å². The molecule has 0 atom stereocenters. The lowest BCUT2D eigenvalue weighted by Crippen LogP contribution is -2.05. The lowest BCUT2D eigenvalue weighted by Gasteiger charge is -2.10. The summed E-state index contributed by atoms with van der Waals surface area (Å²) in [4.78, 5) is 4.73. The molecular formula is C11H15NO2. The maximum Gasteiger partial charge on any atom is 0.116 e. The zero-order valence-electron chi connectivity index (χ0n) is 8.74. The molecule has 1 N–H and O–H groups in total. The van der Waals surface area contributed by atoms with Crippen molar-refractivity contribution in [3.8, 4) is 0 Å². The predicted octanol–water partition coefficient (Wildman–Crippen LogP) is 2.73. The van der Waals surface area contributed by atoms with Gasteiger partial charge >= 0.3 is 0 Å². The number of aliphatic hydroxyl groups is 1. The highest BCUT2D eigenvalue weighted by molar-refractivity contribution is 6.11. The van der Waals surface area contributed by atoms with Crippen molar-refractivity contribution in [1.82, 2.24) is 0 Å². The zero-order chi connectivity index (χ0) is 10.6. The molecule has 3 heteroatoms. The Labute approximate surface area is 84.1 Å². The molecule has 1 rings (SSSR count). The van der Waals surface area contributed by atoms with E-state index in [1.807, 2.05) is 6.92 Å². The maximum atomic E-state index is 9.35. The summed E-state index contributed by atoms with van der Waals surface area (Å²) in [7, 11) is 1.51. The van der Waals surface area contributed by atoms with E-state index in [1.54, 1.807) is 18.2 Å². The van der Waals surface area contributed by atoms with E-state index >= 15 is 0 Å². The van der Waals surface area contributed by atoms with Crippen LogP contribution in [0.25, 0.3) is 0 Å². The second-order valence-corrected chi connectivity index (χ2v) is 3.11. The molecule has 14 heavy (non-hydrogen) atoms. The van der Waals surface area contributed by atoms with Crippen LogP contribution in [0.2, 0.25) is 0 Å².